The molecular formula is C21H25F3N2O4. The number of amides is 2. The second kappa shape index (κ2) is 8.00. The summed E-state index contributed by atoms with van der Waals surface area (Å²) in [6, 6.07) is 2.96. The lowest BCUT2D eigenvalue weighted by Crippen LogP contribution is -2.38. The molecule has 6 nitrogen and oxygen atoms in total. The third-order valence-electron chi connectivity index (χ3n) is 6.25. The van der Waals surface area contributed by atoms with Crippen LogP contribution in [0.15, 0.2) is 12.1 Å². The van der Waals surface area contributed by atoms with Gasteiger partial charge < -0.3 is 19.7 Å². The van der Waals surface area contributed by atoms with Crippen molar-refractivity contribution in [3.8, 4) is 11.5 Å². The summed E-state index contributed by atoms with van der Waals surface area (Å²) >= 11 is 0. The maximum atomic E-state index is 12.9. The summed E-state index contributed by atoms with van der Waals surface area (Å²) in [7, 11) is 1.61. The van der Waals surface area contributed by atoms with Gasteiger partial charge in [-0.25, -0.2) is 0 Å². The number of ether oxygens (including phenoxy) is 2. The zero-order chi connectivity index (χ0) is 21.5. The van der Waals surface area contributed by atoms with Crippen molar-refractivity contribution in [2.24, 2.45) is 5.92 Å². The van der Waals surface area contributed by atoms with Crippen LogP contribution in [-0.2, 0) is 16.0 Å². The van der Waals surface area contributed by atoms with Crippen LogP contribution in [0.5, 0.6) is 11.5 Å². The van der Waals surface area contributed by atoms with Crippen molar-refractivity contribution in [3.05, 3.63) is 17.7 Å². The molecule has 1 aromatic carbocycles. The summed E-state index contributed by atoms with van der Waals surface area (Å²) in [5.74, 6) is -0.511. The normalized spacial score (nSPS) is 26.3. The van der Waals surface area contributed by atoms with E-state index in [0.717, 1.165) is 5.56 Å². The quantitative estimate of drug-likeness (QED) is 0.798. The second-order valence-electron chi connectivity index (χ2n) is 8.24. The van der Waals surface area contributed by atoms with Gasteiger partial charge in [0.25, 0.3) is 0 Å². The molecule has 1 saturated carbocycles. The van der Waals surface area contributed by atoms with Gasteiger partial charge in [0.1, 0.15) is 17.5 Å². The number of nitrogens with one attached hydrogen (secondary N) is 1. The fraction of sp³-hybridized carbons (Fsp3) is 0.619. The first-order valence-electron chi connectivity index (χ1n) is 10.3. The van der Waals surface area contributed by atoms with E-state index < -0.39 is 18.1 Å². The van der Waals surface area contributed by atoms with E-state index in [-0.39, 0.29) is 30.8 Å². The van der Waals surface area contributed by atoms with Crippen molar-refractivity contribution in [3.63, 3.8) is 0 Å². The number of likely N-dealkylation sites (N-methyl/N-ethyl adjacent to an activating group) is 1. The van der Waals surface area contributed by atoms with Gasteiger partial charge in [0.15, 0.2) is 0 Å². The molecule has 4 rings (SSSR count). The Bertz CT molecular complexity index is 834. The Morgan fingerprint density at radius 1 is 1.17 bits per heavy atom. The van der Waals surface area contributed by atoms with Gasteiger partial charge in [-0.05, 0) is 38.2 Å². The lowest BCUT2D eigenvalue weighted by Gasteiger charge is -2.30. The van der Waals surface area contributed by atoms with E-state index in [9.17, 15) is 22.8 Å². The highest BCUT2D eigenvalue weighted by molar-refractivity contribution is 6.00. The molecule has 1 saturated heterocycles. The summed E-state index contributed by atoms with van der Waals surface area (Å²) in [5, 5.41) is 2.85. The molecule has 9 heteroatoms. The van der Waals surface area contributed by atoms with Crippen molar-refractivity contribution in [2.45, 2.75) is 63.3 Å². The predicted octanol–water partition coefficient (Wildman–Crippen LogP) is 3.68. The number of alkyl halides is 3. The molecule has 1 N–H and O–H groups in total. The molecule has 3 aliphatic rings. The van der Waals surface area contributed by atoms with Gasteiger partial charge in [-0.3, -0.25) is 9.59 Å². The Morgan fingerprint density at radius 2 is 1.90 bits per heavy atom. The molecule has 1 aliphatic carbocycles. The van der Waals surface area contributed by atoms with E-state index in [0.29, 0.717) is 55.9 Å². The number of likely N-dealkylation sites (tertiary alicyclic amines) is 1. The van der Waals surface area contributed by atoms with Crippen LogP contribution in [0.2, 0.25) is 0 Å². The number of anilines is 1. The molecular weight excluding hydrogens is 401 g/mol. The first kappa shape index (κ1) is 20.8. The third-order valence-corrected chi connectivity index (χ3v) is 6.25. The average Bonchev–Trinajstić information content (AvgIpc) is 3.28. The molecule has 0 bridgehead atoms. The number of carbonyl (C=O) groups excluding carboxylic acids is 2. The first-order chi connectivity index (χ1) is 14.2. The lowest BCUT2D eigenvalue weighted by atomic mass is 9.87. The number of halogens is 3. The standard InChI is InChI=1S/C21H25F3N2O4/c1-26-17(6-7-18(26)27)20(28)25-16-11-15(10-12-8-9-29-19(12)16)30-14-4-2-13(3-5-14)21(22,23)24/h10-11,13-14,17H,2-9H2,1H3,(H,25,28)/t13?,14?,17-/m1/s1. The van der Waals surface area contributed by atoms with Gasteiger partial charge in [-0.2, -0.15) is 13.2 Å². The van der Waals surface area contributed by atoms with Crippen molar-refractivity contribution in [1.82, 2.24) is 4.90 Å². The van der Waals surface area contributed by atoms with Gasteiger partial charge in [0, 0.05) is 31.5 Å². The van der Waals surface area contributed by atoms with Gasteiger partial charge in [-0.1, -0.05) is 0 Å². The molecule has 2 fully saturated rings. The number of hydrogen-bond acceptors (Lipinski definition) is 4. The van der Waals surface area contributed by atoms with Crippen LogP contribution in [0, 0.1) is 5.92 Å². The maximum absolute atomic E-state index is 12.9. The smallest absolute Gasteiger partial charge is 0.391 e. The molecule has 0 aromatic heterocycles. The minimum absolute atomic E-state index is 0.0633. The number of nitrogens with zero attached hydrogens (tertiary/aromatic N) is 1. The van der Waals surface area contributed by atoms with Crippen LogP contribution in [0.3, 0.4) is 0 Å². The lowest BCUT2D eigenvalue weighted by molar-refractivity contribution is -0.185. The number of hydrogen-bond donors (Lipinski definition) is 1. The number of fused-ring (bicyclic) bond motifs is 1. The van der Waals surface area contributed by atoms with Crippen molar-refractivity contribution in [2.75, 3.05) is 19.0 Å². The molecule has 0 spiro atoms. The summed E-state index contributed by atoms with van der Waals surface area (Å²) in [6.45, 7) is 0.486. The summed E-state index contributed by atoms with van der Waals surface area (Å²) < 4.78 is 50.3. The molecule has 2 amide bonds. The molecule has 0 unspecified atom stereocenters. The summed E-state index contributed by atoms with van der Waals surface area (Å²) in [4.78, 5) is 25.9. The highest BCUT2D eigenvalue weighted by Gasteiger charge is 2.42. The fourth-order valence-corrected chi connectivity index (χ4v) is 4.47. The van der Waals surface area contributed by atoms with Crippen LogP contribution in [-0.4, -0.2) is 48.7 Å². The zero-order valence-electron chi connectivity index (χ0n) is 16.8. The van der Waals surface area contributed by atoms with Crippen LogP contribution < -0.4 is 14.8 Å². The average molecular weight is 426 g/mol. The van der Waals surface area contributed by atoms with Gasteiger partial charge in [0.2, 0.25) is 11.8 Å². The highest BCUT2D eigenvalue weighted by atomic mass is 19.4. The Balaban J connectivity index is 1.46. The largest absolute Gasteiger partial charge is 0.491 e. The zero-order valence-corrected chi connectivity index (χ0v) is 16.8. The number of rotatable bonds is 4. The van der Waals surface area contributed by atoms with Gasteiger partial charge >= 0.3 is 6.18 Å². The van der Waals surface area contributed by atoms with Crippen molar-refractivity contribution >= 4 is 17.5 Å². The van der Waals surface area contributed by atoms with Crippen LogP contribution >= 0.6 is 0 Å². The highest BCUT2D eigenvalue weighted by Crippen LogP contribution is 2.41. The fourth-order valence-electron chi connectivity index (χ4n) is 4.47. The van der Waals surface area contributed by atoms with E-state index in [2.05, 4.69) is 5.32 Å². The first-order valence-corrected chi connectivity index (χ1v) is 10.3. The predicted molar refractivity (Wildman–Crippen MR) is 102 cm³/mol. The molecule has 164 valence electrons. The van der Waals surface area contributed by atoms with E-state index in [1.807, 2.05) is 6.07 Å². The van der Waals surface area contributed by atoms with Crippen LogP contribution in [0.1, 0.15) is 44.1 Å². The van der Waals surface area contributed by atoms with E-state index in [4.69, 9.17) is 9.47 Å². The minimum atomic E-state index is -4.15. The van der Waals surface area contributed by atoms with E-state index in [1.165, 1.54) is 4.90 Å². The van der Waals surface area contributed by atoms with E-state index >= 15 is 0 Å². The molecule has 2 heterocycles. The molecule has 1 atom stereocenters. The topological polar surface area (TPSA) is 67.9 Å². The second-order valence-corrected chi connectivity index (χ2v) is 8.24. The van der Waals surface area contributed by atoms with Crippen LogP contribution in [0.4, 0.5) is 18.9 Å². The van der Waals surface area contributed by atoms with Crippen LogP contribution in [0.25, 0.3) is 0 Å². The number of carbonyl (C=O) groups is 2. The van der Waals surface area contributed by atoms with Gasteiger partial charge in [0.05, 0.1) is 24.3 Å². The summed E-state index contributed by atoms with van der Waals surface area (Å²) in [6.07, 6.45) is -2.16. The van der Waals surface area contributed by atoms with Crippen molar-refractivity contribution < 1.29 is 32.2 Å². The Hall–Kier alpha value is -2.45. The van der Waals surface area contributed by atoms with Crippen molar-refractivity contribution in [1.29, 1.82) is 0 Å². The maximum Gasteiger partial charge on any atom is 0.391 e. The Kier molecular flexibility index (Phi) is 5.55. The molecule has 2 aliphatic heterocycles. The minimum Gasteiger partial charge on any atom is -0.491 e. The Morgan fingerprint density at radius 3 is 2.53 bits per heavy atom. The summed E-state index contributed by atoms with van der Waals surface area (Å²) in [5.41, 5.74) is 1.37. The third kappa shape index (κ3) is 4.20. The number of benzene rings is 1. The van der Waals surface area contributed by atoms with E-state index in [1.54, 1.807) is 13.1 Å². The molecule has 30 heavy (non-hydrogen) atoms. The monoisotopic (exact) mass is 426 g/mol. The molecule has 1 aromatic rings. The van der Waals surface area contributed by atoms with Gasteiger partial charge in [-0.15, -0.1) is 0 Å². The molecule has 0 radical (unpaired) electrons. The SMILES string of the molecule is CN1C(=O)CC[C@@H]1C(=O)Nc1cc(OC2CCC(C(F)(F)F)CC2)cc2c1OCC2. The Labute approximate surface area is 172 Å².